The van der Waals surface area contributed by atoms with E-state index in [0.717, 1.165) is 4.94 Å². The molecule has 4 aliphatic rings. The molecule has 4 aliphatic carbocycles. The number of hydrogen-bond donors (Lipinski definition) is 0. The second-order valence-electron chi connectivity index (χ2n) is 8.47. The Balaban J connectivity index is 2.60. The van der Waals surface area contributed by atoms with Gasteiger partial charge in [-0.3, -0.25) is 4.74 Å². The molecule has 236 valence electrons. The standard InChI is InChI=1S/C14F24O2/c15-1-5(18,19)2(16)7(22,23)3(17,6(1,20)21)10(28,29)4(8(1,24)25,9(2,26)27)39-14(36,37)12(32,40-38)11(30,31)13(33,34)35. The maximum Gasteiger partial charge on any atom is 0.460 e. The van der Waals surface area contributed by atoms with E-state index in [1.54, 1.807) is 0 Å². The Morgan fingerprint density at radius 1 is 0.400 bits per heavy atom. The first-order valence-electron chi connectivity index (χ1n) is 8.86. The van der Waals surface area contributed by atoms with Crippen molar-refractivity contribution < 1.29 is 115 Å². The third-order valence-electron chi connectivity index (χ3n) is 6.74. The van der Waals surface area contributed by atoms with E-state index in [1.165, 1.54) is 4.74 Å². The molecule has 4 bridgehead atoms. The number of alkyl halides is 23. The molecule has 4 fully saturated rings. The van der Waals surface area contributed by atoms with E-state index >= 15 is 0 Å². The quantitative estimate of drug-likeness (QED) is 0.295. The smallest absolute Gasteiger partial charge is 0.289 e. The minimum Gasteiger partial charge on any atom is -0.289 e. The van der Waals surface area contributed by atoms with Gasteiger partial charge in [0.25, 0.3) is 5.60 Å². The molecule has 0 aromatic heterocycles. The topological polar surface area (TPSA) is 18.5 Å². The molecular formula is C14F24O2. The van der Waals surface area contributed by atoms with Crippen LogP contribution in [-0.2, 0) is 9.68 Å². The van der Waals surface area contributed by atoms with Crippen molar-refractivity contribution >= 4 is 0 Å². The molecular weight excluding hydrogens is 656 g/mol. The van der Waals surface area contributed by atoms with Crippen molar-refractivity contribution in [2.45, 2.75) is 82.2 Å². The first-order chi connectivity index (χ1) is 17.0. The van der Waals surface area contributed by atoms with Crippen LogP contribution in [0.3, 0.4) is 0 Å². The molecule has 0 aromatic rings. The lowest BCUT2D eigenvalue weighted by molar-refractivity contribution is -0.640. The summed E-state index contributed by atoms with van der Waals surface area (Å²) in [5.74, 6) is -69.5. The van der Waals surface area contributed by atoms with Gasteiger partial charge in [0.2, 0.25) is 0 Å². The van der Waals surface area contributed by atoms with Crippen LogP contribution in [0.1, 0.15) is 0 Å². The van der Waals surface area contributed by atoms with Gasteiger partial charge >= 0.3 is 76.6 Å². The Morgan fingerprint density at radius 3 is 0.850 bits per heavy atom. The largest absolute Gasteiger partial charge is 0.460 e. The molecule has 0 saturated heterocycles. The molecule has 0 radical (unpaired) electrons. The average Bonchev–Trinajstić information content (AvgIpc) is 2.75. The maximum atomic E-state index is 14.8. The summed E-state index contributed by atoms with van der Waals surface area (Å²) in [7, 11) is 0. The van der Waals surface area contributed by atoms with Crippen LogP contribution >= 0.6 is 0 Å². The van der Waals surface area contributed by atoms with Crippen molar-refractivity contribution in [1.29, 1.82) is 0 Å². The van der Waals surface area contributed by atoms with E-state index in [-0.39, 0.29) is 0 Å². The van der Waals surface area contributed by atoms with Crippen molar-refractivity contribution in [1.82, 2.24) is 0 Å². The van der Waals surface area contributed by atoms with Gasteiger partial charge in [-0.05, 0) is 4.53 Å². The highest BCUT2D eigenvalue weighted by atomic mass is 19.4. The summed E-state index contributed by atoms with van der Waals surface area (Å²) >= 11 is 0. The third kappa shape index (κ3) is 2.22. The second kappa shape index (κ2) is 6.89. The molecule has 2 nitrogen and oxygen atoms in total. The van der Waals surface area contributed by atoms with Crippen molar-refractivity contribution in [3.63, 3.8) is 0 Å². The molecule has 4 rings (SSSR count). The molecule has 0 aliphatic heterocycles. The lowest BCUT2D eigenvalue weighted by Crippen LogP contribution is -3.10. The SMILES string of the molecule is FOC(F)(C(F)(F)OC12C(F)(F)C3(F)C(F)(F)C(F)(C(F)(F)C(F)(C3(F)F)C1(F)F)C2(F)F)C(F)(F)C(F)(F)F. The number of rotatable bonds is 5. The fraction of sp³-hybridized carbons (Fsp3) is 1.00. The molecule has 1 unspecified atom stereocenters. The lowest BCUT2D eigenvalue weighted by atomic mass is 9.40. The van der Waals surface area contributed by atoms with Crippen LogP contribution in [0.5, 0.6) is 0 Å². The summed E-state index contributed by atoms with van der Waals surface area (Å²) < 4.78 is 337. The second-order valence-corrected chi connectivity index (χ2v) is 8.47. The van der Waals surface area contributed by atoms with E-state index in [2.05, 4.69) is 0 Å². The predicted octanol–water partition coefficient (Wildman–Crippen LogP) is 7.08. The maximum absolute atomic E-state index is 14.8. The zero-order valence-corrected chi connectivity index (χ0v) is 16.9. The zero-order chi connectivity index (χ0) is 32.4. The highest BCUT2D eigenvalue weighted by Gasteiger charge is 3.24. The van der Waals surface area contributed by atoms with Gasteiger partial charge in [0.05, 0.1) is 0 Å². The summed E-state index contributed by atoms with van der Waals surface area (Å²) in [6.45, 7) is 0. The minimum atomic E-state index is -8.93. The fourth-order valence-electron chi connectivity index (χ4n) is 4.71. The van der Waals surface area contributed by atoms with Crippen molar-refractivity contribution in [2.75, 3.05) is 0 Å². The Labute approximate surface area is 199 Å². The van der Waals surface area contributed by atoms with Crippen LogP contribution in [0.15, 0.2) is 0 Å². The molecule has 4 saturated carbocycles. The monoisotopic (exact) mass is 656 g/mol. The summed E-state index contributed by atoms with van der Waals surface area (Å²) in [6, 6.07) is 0. The van der Waals surface area contributed by atoms with E-state index in [9.17, 15) is 106 Å². The van der Waals surface area contributed by atoms with Crippen molar-refractivity contribution in [3.05, 3.63) is 0 Å². The van der Waals surface area contributed by atoms with Crippen LogP contribution in [0.4, 0.5) is 106 Å². The summed E-state index contributed by atoms with van der Waals surface area (Å²) in [5, 5.41) is 0. The Morgan fingerprint density at radius 2 is 0.650 bits per heavy atom. The van der Waals surface area contributed by atoms with Gasteiger partial charge < -0.3 is 0 Å². The van der Waals surface area contributed by atoms with Crippen LogP contribution < -0.4 is 0 Å². The molecule has 1 atom stereocenters. The van der Waals surface area contributed by atoms with Crippen molar-refractivity contribution in [3.8, 4) is 0 Å². The number of halogens is 24. The number of ether oxygens (including phenoxy) is 1. The molecule has 0 N–H and O–H groups in total. The van der Waals surface area contributed by atoms with Gasteiger partial charge in [0, 0.05) is 0 Å². The van der Waals surface area contributed by atoms with Gasteiger partial charge in [0.1, 0.15) is 0 Å². The summed E-state index contributed by atoms with van der Waals surface area (Å²) in [5.41, 5.74) is -34.9. The van der Waals surface area contributed by atoms with E-state index < -0.39 is 82.2 Å². The van der Waals surface area contributed by atoms with Crippen LogP contribution in [0.25, 0.3) is 0 Å². The molecule has 0 spiro atoms. The highest BCUT2D eigenvalue weighted by Crippen LogP contribution is 2.89. The zero-order valence-electron chi connectivity index (χ0n) is 16.9. The van der Waals surface area contributed by atoms with E-state index in [0.29, 0.717) is 0 Å². The van der Waals surface area contributed by atoms with E-state index in [4.69, 9.17) is 0 Å². The van der Waals surface area contributed by atoms with E-state index in [1.807, 2.05) is 0 Å². The fourth-order valence-corrected chi connectivity index (χ4v) is 4.71. The summed E-state index contributed by atoms with van der Waals surface area (Å²) in [6.07, 6.45) is -16.8. The molecule has 40 heavy (non-hydrogen) atoms. The summed E-state index contributed by atoms with van der Waals surface area (Å²) in [4.78, 5) is 0.839. The number of hydrogen-bond acceptors (Lipinski definition) is 2. The van der Waals surface area contributed by atoms with Gasteiger partial charge in [-0.15, -0.1) is 4.94 Å². The highest BCUT2D eigenvalue weighted by molar-refractivity contribution is 5.54. The third-order valence-corrected chi connectivity index (χ3v) is 6.74. The molecule has 26 heteroatoms. The molecule has 0 heterocycles. The van der Waals surface area contributed by atoms with Crippen LogP contribution in [0.2, 0.25) is 0 Å². The first-order valence-corrected chi connectivity index (χ1v) is 8.86. The first kappa shape index (κ1) is 32.8. The molecule has 0 amide bonds. The lowest BCUT2D eigenvalue weighted by Gasteiger charge is -2.74. The Kier molecular flexibility index (Phi) is 5.64. The van der Waals surface area contributed by atoms with Gasteiger partial charge in [-0.2, -0.15) is 87.8 Å². The van der Waals surface area contributed by atoms with Gasteiger partial charge in [0.15, 0.2) is 0 Å². The van der Waals surface area contributed by atoms with Gasteiger partial charge in [-0.1, -0.05) is 0 Å². The average molecular weight is 656 g/mol. The van der Waals surface area contributed by atoms with Gasteiger partial charge in [-0.25, -0.2) is 13.2 Å². The van der Waals surface area contributed by atoms with Crippen LogP contribution in [-0.4, -0.2) is 82.2 Å². The van der Waals surface area contributed by atoms with Crippen molar-refractivity contribution in [2.24, 2.45) is 0 Å². The Bertz CT molecular complexity index is 992. The minimum absolute atomic E-state index is 0.839. The Hall–Kier alpha value is -1.76. The predicted molar refractivity (Wildman–Crippen MR) is 67.0 cm³/mol. The molecule has 0 aromatic carbocycles. The van der Waals surface area contributed by atoms with Crippen LogP contribution in [0, 0.1) is 0 Å². The normalized spacial score (nSPS) is 42.0.